The summed E-state index contributed by atoms with van der Waals surface area (Å²) >= 11 is 7.55. The average Bonchev–Trinajstić information content (AvgIpc) is 3.27. The number of halogens is 1. The number of anilines is 1. The van der Waals surface area contributed by atoms with Crippen molar-refractivity contribution in [2.45, 2.75) is 13.5 Å². The van der Waals surface area contributed by atoms with Crippen LogP contribution in [0.4, 0.5) is 5.69 Å². The lowest BCUT2D eigenvalue weighted by atomic mass is 10.2. The molecule has 3 aromatic rings. The van der Waals surface area contributed by atoms with E-state index < -0.39 is 18.5 Å². The van der Waals surface area contributed by atoms with Crippen LogP contribution in [0, 0.1) is 6.92 Å². The van der Waals surface area contributed by atoms with Crippen LogP contribution >= 0.6 is 22.9 Å². The largest absolute Gasteiger partial charge is 0.454 e. The predicted octanol–water partition coefficient (Wildman–Crippen LogP) is 2.55. The van der Waals surface area contributed by atoms with Gasteiger partial charge < -0.3 is 10.1 Å². The van der Waals surface area contributed by atoms with Gasteiger partial charge in [0, 0.05) is 10.9 Å². The molecule has 8 nitrogen and oxygen atoms in total. The van der Waals surface area contributed by atoms with Crippen LogP contribution < -0.4 is 5.32 Å². The monoisotopic (exact) mass is 391 g/mol. The van der Waals surface area contributed by atoms with Crippen LogP contribution in [-0.2, 0) is 20.9 Å². The molecule has 2 aromatic heterocycles. The highest BCUT2D eigenvalue weighted by Crippen LogP contribution is 2.22. The molecule has 1 N–H and O–H groups in total. The number of thiophene rings is 1. The fourth-order valence-corrected chi connectivity index (χ4v) is 2.95. The van der Waals surface area contributed by atoms with Crippen molar-refractivity contribution in [1.29, 1.82) is 0 Å². The molecule has 0 fully saturated rings. The number of carbonyl (C=O) groups is 2. The zero-order valence-corrected chi connectivity index (χ0v) is 15.3. The number of rotatable bonds is 6. The summed E-state index contributed by atoms with van der Waals surface area (Å²) in [6, 6.07) is 7.08. The van der Waals surface area contributed by atoms with Gasteiger partial charge in [-0.15, -0.1) is 10.2 Å². The molecule has 0 saturated heterocycles. The number of aromatic nitrogens is 4. The lowest BCUT2D eigenvalue weighted by Crippen LogP contribution is -2.23. The van der Waals surface area contributed by atoms with Gasteiger partial charge in [0.25, 0.3) is 5.91 Å². The molecule has 0 aliphatic heterocycles. The SMILES string of the molecule is Cc1ccc(NC(=O)COC(=O)Cn2nnc(-c3ccsc3)n2)c(Cl)c1. The Balaban J connectivity index is 1.48. The molecule has 134 valence electrons. The van der Waals surface area contributed by atoms with E-state index >= 15 is 0 Å². The minimum absolute atomic E-state index is 0.240. The Hall–Kier alpha value is -2.78. The molecule has 0 radical (unpaired) electrons. The average molecular weight is 392 g/mol. The van der Waals surface area contributed by atoms with Crippen LogP contribution in [0.5, 0.6) is 0 Å². The van der Waals surface area contributed by atoms with Gasteiger partial charge in [-0.2, -0.15) is 16.1 Å². The molecule has 0 saturated carbocycles. The zero-order chi connectivity index (χ0) is 18.5. The van der Waals surface area contributed by atoms with Crippen LogP contribution in [0.2, 0.25) is 5.02 Å². The predicted molar refractivity (Wildman–Crippen MR) is 96.9 cm³/mol. The minimum atomic E-state index is -0.649. The maximum absolute atomic E-state index is 11.9. The molecule has 0 bridgehead atoms. The van der Waals surface area contributed by atoms with E-state index in [9.17, 15) is 9.59 Å². The topological polar surface area (TPSA) is 99.0 Å². The fourth-order valence-electron chi connectivity index (χ4n) is 2.03. The lowest BCUT2D eigenvalue weighted by molar-refractivity contribution is -0.148. The highest BCUT2D eigenvalue weighted by molar-refractivity contribution is 7.08. The van der Waals surface area contributed by atoms with Crippen molar-refractivity contribution in [2.24, 2.45) is 0 Å². The van der Waals surface area contributed by atoms with Crippen molar-refractivity contribution in [3.63, 3.8) is 0 Å². The Kier molecular flexibility index (Phi) is 5.59. The number of aryl methyl sites for hydroxylation is 1. The summed E-state index contributed by atoms with van der Waals surface area (Å²) in [6.45, 7) is 1.21. The molecule has 1 aromatic carbocycles. The molecule has 10 heteroatoms. The molecule has 0 aliphatic rings. The molecule has 0 atom stereocenters. The van der Waals surface area contributed by atoms with Gasteiger partial charge in [0.15, 0.2) is 13.2 Å². The van der Waals surface area contributed by atoms with Crippen LogP contribution in [0.3, 0.4) is 0 Å². The fraction of sp³-hybridized carbons (Fsp3) is 0.188. The number of nitrogens with zero attached hydrogens (tertiary/aromatic N) is 4. The van der Waals surface area contributed by atoms with Gasteiger partial charge in [-0.3, -0.25) is 4.79 Å². The van der Waals surface area contributed by atoms with E-state index in [0.29, 0.717) is 16.5 Å². The van der Waals surface area contributed by atoms with Gasteiger partial charge >= 0.3 is 5.97 Å². The number of amides is 1. The summed E-state index contributed by atoms with van der Waals surface area (Å²) in [7, 11) is 0. The number of carbonyl (C=O) groups excluding carboxylic acids is 2. The maximum Gasteiger partial charge on any atom is 0.330 e. The molecule has 3 rings (SSSR count). The molecule has 1 amide bonds. The van der Waals surface area contributed by atoms with Gasteiger partial charge in [0.1, 0.15) is 0 Å². The summed E-state index contributed by atoms with van der Waals surface area (Å²) in [5, 5.41) is 18.5. The van der Waals surface area contributed by atoms with E-state index in [2.05, 4.69) is 20.7 Å². The van der Waals surface area contributed by atoms with Crippen molar-refractivity contribution < 1.29 is 14.3 Å². The second-order valence-electron chi connectivity index (χ2n) is 5.35. The van der Waals surface area contributed by atoms with Crippen LogP contribution in [0.15, 0.2) is 35.0 Å². The third kappa shape index (κ3) is 4.64. The van der Waals surface area contributed by atoms with Crippen LogP contribution in [0.1, 0.15) is 5.56 Å². The number of tetrazole rings is 1. The number of nitrogens with one attached hydrogen (secondary N) is 1. The Morgan fingerprint density at radius 3 is 2.92 bits per heavy atom. The van der Waals surface area contributed by atoms with Gasteiger partial charge in [0.05, 0.1) is 10.7 Å². The van der Waals surface area contributed by atoms with Crippen LogP contribution in [0.25, 0.3) is 11.4 Å². The Bertz CT molecular complexity index is 926. The Morgan fingerprint density at radius 2 is 2.19 bits per heavy atom. The quantitative estimate of drug-likeness (QED) is 0.648. The summed E-state index contributed by atoms with van der Waals surface area (Å²) in [6.07, 6.45) is 0. The van der Waals surface area contributed by atoms with Crippen molar-refractivity contribution >= 4 is 40.5 Å². The highest BCUT2D eigenvalue weighted by atomic mass is 35.5. The minimum Gasteiger partial charge on any atom is -0.454 e. The second kappa shape index (κ2) is 8.07. The van der Waals surface area contributed by atoms with E-state index in [-0.39, 0.29) is 6.54 Å². The number of benzene rings is 1. The molecule has 2 heterocycles. The van der Waals surface area contributed by atoms with E-state index in [1.165, 1.54) is 11.3 Å². The summed E-state index contributed by atoms with van der Waals surface area (Å²) in [4.78, 5) is 24.8. The molecule has 0 spiro atoms. The molecule has 0 aliphatic carbocycles. The standard InChI is InChI=1S/C16H14ClN5O3S/c1-10-2-3-13(12(17)6-10)18-14(23)8-25-15(24)7-22-20-16(19-21-22)11-4-5-26-9-11/h2-6,9H,7-8H2,1H3,(H,18,23). The summed E-state index contributed by atoms with van der Waals surface area (Å²) in [5.74, 6) is -0.718. The van der Waals surface area contributed by atoms with Gasteiger partial charge in [-0.1, -0.05) is 17.7 Å². The number of hydrogen-bond acceptors (Lipinski definition) is 7. The summed E-state index contributed by atoms with van der Waals surface area (Å²) < 4.78 is 4.92. The third-order valence-corrected chi connectivity index (χ3v) is 4.26. The molecule has 26 heavy (non-hydrogen) atoms. The van der Waals surface area contributed by atoms with Crippen molar-refractivity contribution in [2.75, 3.05) is 11.9 Å². The first-order valence-electron chi connectivity index (χ1n) is 7.53. The van der Waals surface area contributed by atoms with Crippen LogP contribution in [-0.4, -0.2) is 38.7 Å². The molecule has 0 unspecified atom stereocenters. The van der Waals surface area contributed by atoms with E-state index in [4.69, 9.17) is 16.3 Å². The Labute approximate surface area is 157 Å². The summed E-state index contributed by atoms with van der Waals surface area (Å²) in [5.41, 5.74) is 2.25. The van der Waals surface area contributed by atoms with E-state index in [1.54, 1.807) is 12.1 Å². The maximum atomic E-state index is 11.9. The van der Waals surface area contributed by atoms with Crippen molar-refractivity contribution in [1.82, 2.24) is 20.2 Å². The zero-order valence-electron chi connectivity index (χ0n) is 13.7. The van der Waals surface area contributed by atoms with Crippen molar-refractivity contribution in [3.05, 3.63) is 45.6 Å². The number of esters is 1. The van der Waals surface area contributed by atoms with Gasteiger partial charge in [-0.25, -0.2) is 4.79 Å². The van der Waals surface area contributed by atoms with E-state index in [1.807, 2.05) is 29.8 Å². The van der Waals surface area contributed by atoms with Gasteiger partial charge in [0.2, 0.25) is 5.82 Å². The van der Waals surface area contributed by atoms with Gasteiger partial charge in [-0.05, 0) is 41.3 Å². The third-order valence-electron chi connectivity index (χ3n) is 3.27. The first-order valence-corrected chi connectivity index (χ1v) is 8.85. The highest BCUT2D eigenvalue weighted by Gasteiger charge is 2.13. The molecular formula is C16H14ClN5O3S. The number of hydrogen-bond donors (Lipinski definition) is 1. The normalized spacial score (nSPS) is 10.5. The number of ether oxygens (including phenoxy) is 1. The Morgan fingerprint density at radius 1 is 1.35 bits per heavy atom. The first-order chi connectivity index (χ1) is 12.5. The first kappa shape index (κ1) is 18.0. The molecular weight excluding hydrogens is 378 g/mol. The van der Waals surface area contributed by atoms with Crippen molar-refractivity contribution in [3.8, 4) is 11.4 Å². The van der Waals surface area contributed by atoms with E-state index in [0.717, 1.165) is 15.9 Å². The smallest absolute Gasteiger partial charge is 0.330 e. The second-order valence-corrected chi connectivity index (χ2v) is 6.53. The lowest BCUT2D eigenvalue weighted by Gasteiger charge is -2.08.